The lowest BCUT2D eigenvalue weighted by Crippen LogP contribution is -2.22. The van der Waals surface area contributed by atoms with Crippen molar-refractivity contribution in [3.05, 3.63) is 47.9 Å². The van der Waals surface area contributed by atoms with Crippen molar-refractivity contribution in [2.75, 3.05) is 5.32 Å². The van der Waals surface area contributed by atoms with Crippen LogP contribution in [-0.2, 0) is 11.8 Å². The van der Waals surface area contributed by atoms with E-state index in [0.29, 0.717) is 22.2 Å². The monoisotopic (exact) mass is 367 g/mol. The van der Waals surface area contributed by atoms with Gasteiger partial charge in [-0.2, -0.15) is 5.26 Å². The number of carbonyl (C=O) groups is 1. The van der Waals surface area contributed by atoms with Crippen LogP contribution in [0.25, 0.3) is 11.4 Å². The molecule has 0 fully saturated rings. The first-order valence-corrected chi connectivity index (χ1v) is 8.79. The van der Waals surface area contributed by atoms with E-state index in [0.717, 1.165) is 11.3 Å². The summed E-state index contributed by atoms with van der Waals surface area (Å²) in [6.45, 7) is 3.67. The number of nitrogens with zero attached hydrogens (tertiary/aromatic N) is 4. The van der Waals surface area contributed by atoms with Gasteiger partial charge >= 0.3 is 0 Å². The number of aromatic nitrogens is 3. The molecule has 7 nitrogen and oxygen atoms in total. The van der Waals surface area contributed by atoms with E-state index in [-0.39, 0.29) is 11.2 Å². The highest BCUT2D eigenvalue weighted by molar-refractivity contribution is 8.00. The molecule has 0 radical (unpaired) electrons. The van der Waals surface area contributed by atoms with Crippen LogP contribution in [0.1, 0.15) is 18.2 Å². The van der Waals surface area contributed by atoms with Crippen molar-refractivity contribution in [3.63, 3.8) is 0 Å². The number of nitrogens with one attached hydrogen (secondary N) is 1. The third-order valence-electron chi connectivity index (χ3n) is 3.87. The zero-order valence-electron chi connectivity index (χ0n) is 14.6. The number of nitriles is 1. The zero-order valence-corrected chi connectivity index (χ0v) is 15.4. The van der Waals surface area contributed by atoms with Crippen LogP contribution < -0.4 is 5.32 Å². The lowest BCUT2D eigenvalue weighted by atomic mass is 10.2. The van der Waals surface area contributed by atoms with Gasteiger partial charge in [-0.25, -0.2) is 0 Å². The van der Waals surface area contributed by atoms with Gasteiger partial charge in [0.2, 0.25) is 5.91 Å². The number of amides is 1. The molecule has 0 aliphatic heterocycles. The smallest absolute Gasteiger partial charge is 0.237 e. The predicted octanol–water partition coefficient (Wildman–Crippen LogP) is 3.37. The summed E-state index contributed by atoms with van der Waals surface area (Å²) in [4.78, 5) is 12.4. The van der Waals surface area contributed by atoms with Crippen molar-refractivity contribution >= 4 is 23.4 Å². The van der Waals surface area contributed by atoms with E-state index in [1.54, 1.807) is 37.5 Å². The Hall–Kier alpha value is -3.05. The number of anilines is 1. The molecule has 1 aromatic carbocycles. The molecule has 3 rings (SSSR count). The van der Waals surface area contributed by atoms with Gasteiger partial charge in [-0.05, 0) is 44.2 Å². The summed E-state index contributed by atoms with van der Waals surface area (Å²) in [5.41, 5.74) is 2.07. The maximum Gasteiger partial charge on any atom is 0.237 e. The molecule has 2 aromatic heterocycles. The van der Waals surface area contributed by atoms with E-state index < -0.39 is 0 Å². The number of thioether (sulfide) groups is 1. The minimum atomic E-state index is -0.369. The number of benzene rings is 1. The van der Waals surface area contributed by atoms with E-state index in [4.69, 9.17) is 9.68 Å². The summed E-state index contributed by atoms with van der Waals surface area (Å²) in [6.07, 6.45) is 1.61. The van der Waals surface area contributed by atoms with Crippen molar-refractivity contribution < 1.29 is 9.21 Å². The average molecular weight is 367 g/mol. The molecule has 1 amide bonds. The Labute approximate surface area is 155 Å². The van der Waals surface area contributed by atoms with Gasteiger partial charge in [0, 0.05) is 12.7 Å². The van der Waals surface area contributed by atoms with E-state index in [9.17, 15) is 4.79 Å². The molecular formula is C18H17N5O2S. The van der Waals surface area contributed by atoms with E-state index in [2.05, 4.69) is 15.5 Å². The molecule has 132 valence electrons. The van der Waals surface area contributed by atoms with E-state index >= 15 is 0 Å². The molecule has 0 aliphatic rings. The summed E-state index contributed by atoms with van der Waals surface area (Å²) in [5.74, 6) is 1.31. The van der Waals surface area contributed by atoms with Gasteiger partial charge in [0.1, 0.15) is 5.76 Å². The molecule has 0 aliphatic carbocycles. The van der Waals surface area contributed by atoms with Crippen LogP contribution in [0.2, 0.25) is 0 Å². The largest absolute Gasteiger partial charge is 0.469 e. The molecule has 1 N–H and O–H groups in total. The first-order valence-electron chi connectivity index (χ1n) is 7.91. The van der Waals surface area contributed by atoms with Crippen LogP contribution in [-0.4, -0.2) is 25.9 Å². The Kier molecular flexibility index (Phi) is 5.09. The maximum atomic E-state index is 12.4. The second-order valence-electron chi connectivity index (χ2n) is 5.69. The van der Waals surface area contributed by atoms with Crippen molar-refractivity contribution in [1.29, 1.82) is 5.26 Å². The lowest BCUT2D eigenvalue weighted by molar-refractivity contribution is -0.115. The molecule has 0 unspecified atom stereocenters. The van der Waals surface area contributed by atoms with Gasteiger partial charge < -0.3 is 14.3 Å². The Balaban J connectivity index is 1.68. The molecule has 0 saturated carbocycles. The third-order valence-corrected chi connectivity index (χ3v) is 5.00. The van der Waals surface area contributed by atoms with Crippen LogP contribution >= 0.6 is 11.8 Å². The van der Waals surface area contributed by atoms with Gasteiger partial charge in [-0.1, -0.05) is 11.8 Å². The Morgan fingerprint density at radius 3 is 2.65 bits per heavy atom. The second-order valence-corrected chi connectivity index (χ2v) is 7.00. The number of hydrogen-bond donors (Lipinski definition) is 1. The zero-order chi connectivity index (χ0) is 18.7. The van der Waals surface area contributed by atoms with Gasteiger partial charge in [0.05, 0.1) is 28.7 Å². The van der Waals surface area contributed by atoms with Crippen molar-refractivity contribution in [3.8, 4) is 17.5 Å². The standard InChI is InChI=1S/C18H17N5O2S/c1-11-15(8-9-25-11)16-21-22-18(23(16)3)26-12(2)17(24)20-14-6-4-13(10-19)5-7-14/h4-9,12H,1-3H3,(H,20,24)/t12-/m1/s1. The van der Waals surface area contributed by atoms with Crippen molar-refractivity contribution in [1.82, 2.24) is 14.8 Å². The fourth-order valence-corrected chi connectivity index (χ4v) is 3.17. The highest BCUT2D eigenvalue weighted by Crippen LogP contribution is 2.28. The third kappa shape index (κ3) is 3.63. The first-order chi connectivity index (χ1) is 12.5. The first kappa shape index (κ1) is 17.8. The summed E-state index contributed by atoms with van der Waals surface area (Å²) in [5, 5.41) is 20.3. The van der Waals surface area contributed by atoms with Crippen LogP contribution in [0.4, 0.5) is 5.69 Å². The minimum Gasteiger partial charge on any atom is -0.469 e. The molecule has 1 atom stereocenters. The molecule has 0 bridgehead atoms. The molecular weight excluding hydrogens is 350 g/mol. The van der Waals surface area contributed by atoms with Gasteiger partial charge in [0.25, 0.3) is 0 Å². The quantitative estimate of drug-likeness (QED) is 0.695. The topological polar surface area (TPSA) is 96.7 Å². The molecule has 2 heterocycles. The van der Waals surface area contributed by atoms with Crippen LogP contribution in [0.15, 0.2) is 46.2 Å². The maximum absolute atomic E-state index is 12.4. The minimum absolute atomic E-state index is 0.149. The average Bonchev–Trinajstić information content (AvgIpc) is 3.21. The molecule has 26 heavy (non-hydrogen) atoms. The fourth-order valence-electron chi connectivity index (χ4n) is 2.35. The van der Waals surface area contributed by atoms with Crippen molar-refractivity contribution in [2.45, 2.75) is 24.3 Å². The highest BCUT2D eigenvalue weighted by Gasteiger charge is 2.20. The fraction of sp³-hybridized carbons (Fsp3) is 0.222. The van der Waals surface area contributed by atoms with Crippen LogP contribution in [0.3, 0.4) is 0 Å². The second kappa shape index (κ2) is 7.45. The van der Waals surface area contributed by atoms with E-state index in [1.807, 2.05) is 30.7 Å². The Morgan fingerprint density at radius 1 is 1.31 bits per heavy atom. The number of aryl methyl sites for hydroxylation is 1. The number of hydrogen-bond acceptors (Lipinski definition) is 6. The molecule has 3 aromatic rings. The van der Waals surface area contributed by atoms with Gasteiger partial charge in [-0.15, -0.1) is 10.2 Å². The SMILES string of the molecule is Cc1occc1-c1nnc(S[C@H](C)C(=O)Nc2ccc(C#N)cc2)n1C. The van der Waals surface area contributed by atoms with E-state index in [1.165, 1.54) is 11.8 Å². The summed E-state index contributed by atoms with van der Waals surface area (Å²) < 4.78 is 7.15. The molecule has 0 saturated heterocycles. The summed E-state index contributed by atoms with van der Waals surface area (Å²) in [6, 6.07) is 10.6. The predicted molar refractivity (Wildman–Crippen MR) is 98.5 cm³/mol. The summed E-state index contributed by atoms with van der Waals surface area (Å²) >= 11 is 1.32. The van der Waals surface area contributed by atoms with Gasteiger partial charge in [0.15, 0.2) is 11.0 Å². The molecule has 0 spiro atoms. The number of rotatable bonds is 5. The van der Waals surface area contributed by atoms with Crippen LogP contribution in [0, 0.1) is 18.3 Å². The number of furan rings is 1. The Morgan fingerprint density at radius 2 is 2.04 bits per heavy atom. The lowest BCUT2D eigenvalue weighted by Gasteiger charge is -2.11. The van der Waals surface area contributed by atoms with Crippen LogP contribution in [0.5, 0.6) is 0 Å². The van der Waals surface area contributed by atoms with Crippen molar-refractivity contribution in [2.24, 2.45) is 7.05 Å². The normalized spacial score (nSPS) is 11.8. The Bertz CT molecular complexity index is 968. The number of carbonyl (C=O) groups excluding carboxylic acids is 1. The highest BCUT2D eigenvalue weighted by atomic mass is 32.2. The summed E-state index contributed by atoms with van der Waals surface area (Å²) in [7, 11) is 1.86. The molecule has 8 heteroatoms. The van der Waals surface area contributed by atoms with Gasteiger partial charge in [-0.3, -0.25) is 4.79 Å².